The van der Waals surface area contributed by atoms with E-state index in [1.807, 2.05) is 0 Å². The van der Waals surface area contributed by atoms with Gasteiger partial charge in [0.2, 0.25) is 5.91 Å². The molecule has 3 heteroatoms. The second-order valence-electron chi connectivity index (χ2n) is 5.11. The third kappa shape index (κ3) is 4.65. The molecule has 0 spiro atoms. The summed E-state index contributed by atoms with van der Waals surface area (Å²) in [6, 6.07) is -0.327. The summed E-state index contributed by atoms with van der Waals surface area (Å²) in [5.74, 6) is 1.35. The Morgan fingerprint density at radius 3 is 2.60 bits per heavy atom. The summed E-state index contributed by atoms with van der Waals surface area (Å²) in [4.78, 5) is 11.5. The lowest BCUT2D eigenvalue weighted by Crippen LogP contribution is -2.42. The third-order valence-electron chi connectivity index (χ3n) is 3.14. The zero-order valence-corrected chi connectivity index (χ0v) is 9.96. The van der Waals surface area contributed by atoms with E-state index < -0.39 is 0 Å². The molecule has 0 bridgehead atoms. The van der Waals surface area contributed by atoms with Crippen LogP contribution in [0.1, 0.15) is 46.0 Å². The Hall–Kier alpha value is -0.570. The Labute approximate surface area is 92.8 Å². The monoisotopic (exact) mass is 212 g/mol. The SMILES string of the molecule is CC(C)C[C@@H](N)C(=O)NCCC1CCC1. The van der Waals surface area contributed by atoms with Gasteiger partial charge in [0.1, 0.15) is 0 Å². The molecule has 1 rings (SSSR count). The Kier molecular flexibility index (Phi) is 5.09. The largest absolute Gasteiger partial charge is 0.355 e. The highest BCUT2D eigenvalue weighted by molar-refractivity contribution is 5.81. The number of nitrogens with one attached hydrogen (secondary N) is 1. The minimum absolute atomic E-state index is 0.0167. The lowest BCUT2D eigenvalue weighted by atomic mass is 9.83. The standard InChI is InChI=1S/C12H24N2O/c1-9(2)8-11(13)12(15)14-7-6-10-4-3-5-10/h9-11H,3-8,13H2,1-2H3,(H,14,15)/t11-/m1/s1. The fourth-order valence-electron chi connectivity index (χ4n) is 1.93. The fraction of sp³-hybridized carbons (Fsp3) is 0.917. The maximum absolute atomic E-state index is 11.5. The number of amides is 1. The molecule has 0 aromatic carbocycles. The molecule has 1 aliphatic rings. The van der Waals surface area contributed by atoms with E-state index in [0.29, 0.717) is 5.92 Å². The number of carbonyl (C=O) groups excluding carboxylic acids is 1. The van der Waals surface area contributed by atoms with Crippen LogP contribution in [0.2, 0.25) is 0 Å². The number of rotatable bonds is 6. The minimum atomic E-state index is -0.327. The molecule has 0 aliphatic heterocycles. The van der Waals surface area contributed by atoms with Crippen LogP contribution in [0, 0.1) is 11.8 Å². The van der Waals surface area contributed by atoms with Crippen molar-refractivity contribution in [3.05, 3.63) is 0 Å². The summed E-state index contributed by atoms with van der Waals surface area (Å²) >= 11 is 0. The smallest absolute Gasteiger partial charge is 0.236 e. The van der Waals surface area contributed by atoms with E-state index >= 15 is 0 Å². The van der Waals surface area contributed by atoms with Gasteiger partial charge in [0, 0.05) is 6.54 Å². The molecule has 0 aromatic rings. The normalized spacial score (nSPS) is 18.7. The molecule has 3 N–H and O–H groups in total. The van der Waals surface area contributed by atoms with Crippen LogP contribution in [0.3, 0.4) is 0 Å². The second kappa shape index (κ2) is 6.11. The van der Waals surface area contributed by atoms with Crippen molar-refractivity contribution in [3.8, 4) is 0 Å². The molecule has 0 heterocycles. The maximum Gasteiger partial charge on any atom is 0.236 e. The van der Waals surface area contributed by atoms with Crippen molar-refractivity contribution < 1.29 is 4.79 Å². The molecule has 88 valence electrons. The van der Waals surface area contributed by atoms with Crippen molar-refractivity contribution in [2.45, 2.75) is 52.0 Å². The van der Waals surface area contributed by atoms with Gasteiger partial charge in [-0.1, -0.05) is 33.1 Å². The van der Waals surface area contributed by atoms with Gasteiger partial charge in [-0.2, -0.15) is 0 Å². The highest BCUT2D eigenvalue weighted by Crippen LogP contribution is 2.28. The molecule has 1 fully saturated rings. The Bertz CT molecular complexity index is 200. The minimum Gasteiger partial charge on any atom is -0.355 e. The van der Waals surface area contributed by atoms with Gasteiger partial charge in [0.25, 0.3) is 0 Å². The highest BCUT2D eigenvalue weighted by atomic mass is 16.2. The maximum atomic E-state index is 11.5. The molecule has 0 saturated heterocycles. The predicted octanol–water partition coefficient (Wildman–Crippen LogP) is 1.67. The summed E-state index contributed by atoms with van der Waals surface area (Å²) in [5, 5.41) is 2.92. The van der Waals surface area contributed by atoms with Gasteiger partial charge in [0.15, 0.2) is 0 Å². The summed E-state index contributed by atoms with van der Waals surface area (Å²) in [7, 11) is 0. The Morgan fingerprint density at radius 2 is 2.13 bits per heavy atom. The van der Waals surface area contributed by atoms with E-state index in [9.17, 15) is 4.79 Å². The van der Waals surface area contributed by atoms with Gasteiger partial charge in [-0.3, -0.25) is 4.79 Å². The van der Waals surface area contributed by atoms with Gasteiger partial charge in [-0.05, 0) is 24.7 Å². The summed E-state index contributed by atoms with van der Waals surface area (Å²) in [6.45, 7) is 4.97. The van der Waals surface area contributed by atoms with E-state index in [2.05, 4.69) is 19.2 Å². The van der Waals surface area contributed by atoms with Crippen LogP contribution in [-0.2, 0) is 4.79 Å². The first kappa shape index (κ1) is 12.5. The molecule has 1 amide bonds. The van der Waals surface area contributed by atoms with Gasteiger partial charge >= 0.3 is 0 Å². The van der Waals surface area contributed by atoms with E-state index in [4.69, 9.17) is 5.73 Å². The predicted molar refractivity (Wildman–Crippen MR) is 62.4 cm³/mol. The molecule has 0 radical (unpaired) electrons. The van der Waals surface area contributed by atoms with Crippen molar-refractivity contribution in [1.82, 2.24) is 5.32 Å². The number of nitrogens with two attached hydrogens (primary N) is 1. The average Bonchev–Trinajstić information content (AvgIpc) is 2.07. The molecule has 0 unspecified atom stereocenters. The highest BCUT2D eigenvalue weighted by Gasteiger charge is 2.18. The van der Waals surface area contributed by atoms with Gasteiger partial charge < -0.3 is 11.1 Å². The first-order valence-electron chi connectivity index (χ1n) is 6.13. The van der Waals surface area contributed by atoms with E-state index in [-0.39, 0.29) is 11.9 Å². The van der Waals surface area contributed by atoms with Gasteiger partial charge in [-0.15, -0.1) is 0 Å². The quantitative estimate of drug-likeness (QED) is 0.703. The van der Waals surface area contributed by atoms with Crippen LogP contribution in [-0.4, -0.2) is 18.5 Å². The van der Waals surface area contributed by atoms with Crippen molar-refractivity contribution >= 4 is 5.91 Å². The van der Waals surface area contributed by atoms with Crippen molar-refractivity contribution in [1.29, 1.82) is 0 Å². The summed E-state index contributed by atoms with van der Waals surface area (Å²) in [5.41, 5.74) is 5.77. The summed E-state index contributed by atoms with van der Waals surface area (Å²) < 4.78 is 0. The van der Waals surface area contributed by atoms with Gasteiger partial charge in [-0.25, -0.2) is 0 Å². The fourth-order valence-corrected chi connectivity index (χ4v) is 1.93. The van der Waals surface area contributed by atoms with E-state index in [1.165, 1.54) is 19.3 Å². The summed E-state index contributed by atoms with van der Waals surface area (Å²) in [6.07, 6.45) is 5.95. The molecular formula is C12H24N2O. The lowest BCUT2D eigenvalue weighted by molar-refractivity contribution is -0.122. The van der Waals surface area contributed by atoms with Crippen LogP contribution in [0.5, 0.6) is 0 Å². The number of hydrogen-bond acceptors (Lipinski definition) is 2. The average molecular weight is 212 g/mol. The number of hydrogen-bond donors (Lipinski definition) is 2. The van der Waals surface area contributed by atoms with Crippen molar-refractivity contribution in [2.75, 3.05) is 6.54 Å². The van der Waals surface area contributed by atoms with Crippen LogP contribution in [0.4, 0.5) is 0 Å². The van der Waals surface area contributed by atoms with Crippen molar-refractivity contribution in [3.63, 3.8) is 0 Å². The second-order valence-corrected chi connectivity index (χ2v) is 5.11. The van der Waals surface area contributed by atoms with E-state index in [0.717, 1.165) is 25.3 Å². The Morgan fingerprint density at radius 1 is 1.47 bits per heavy atom. The van der Waals surface area contributed by atoms with Crippen LogP contribution in [0.15, 0.2) is 0 Å². The molecule has 1 aliphatic carbocycles. The molecule has 3 nitrogen and oxygen atoms in total. The molecule has 0 aromatic heterocycles. The third-order valence-corrected chi connectivity index (χ3v) is 3.14. The Balaban J connectivity index is 2.05. The zero-order valence-electron chi connectivity index (χ0n) is 9.96. The molecular weight excluding hydrogens is 188 g/mol. The number of carbonyl (C=O) groups is 1. The van der Waals surface area contributed by atoms with Crippen molar-refractivity contribution in [2.24, 2.45) is 17.6 Å². The zero-order chi connectivity index (χ0) is 11.3. The van der Waals surface area contributed by atoms with Gasteiger partial charge in [0.05, 0.1) is 6.04 Å². The lowest BCUT2D eigenvalue weighted by Gasteiger charge is -2.25. The molecule has 1 saturated carbocycles. The first-order chi connectivity index (χ1) is 7.09. The molecule has 1 atom stereocenters. The van der Waals surface area contributed by atoms with Crippen LogP contribution >= 0.6 is 0 Å². The topological polar surface area (TPSA) is 55.1 Å². The first-order valence-corrected chi connectivity index (χ1v) is 6.13. The van der Waals surface area contributed by atoms with Crippen LogP contribution in [0.25, 0.3) is 0 Å². The van der Waals surface area contributed by atoms with Crippen LogP contribution < -0.4 is 11.1 Å². The molecule has 15 heavy (non-hydrogen) atoms. The van der Waals surface area contributed by atoms with E-state index in [1.54, 1.807) is 0 Å².